The Morgan fingerprint density at radius 3 is 2.69 bits per heavy atom. The van der Waals surface area contributed by atoms with Gasteiger partial charge in [0.25, 0.3) is 0 Å². The SMILES string of the molecule is Cc1ccccc1OCc1nn(C[NH+]2CCC[C@H](O)C2)c(=S)n1-c1ccccc1. The number of rotatable bonds is 6. The molecule has 0 saturated carbocycles. The van der Waals surface area contributed by atoms with Crippen LogP contribution in [-0.4, -0.2) is 38.6 Å². The van der Waals surface area contributed by atoms with Gasteiger partial charge in [-0.15, -0.1) is 5.10 Å². The maximum absolute atomic E-state index is 10.00. The molecule has 1 fully saturated rings. The van der Waals surface area contributed by atoms with Crippen LogP contribution < -0.4 is 9.64 Å². The van der Waals surface area contributed by atoms with Crippen molar-refractivity contribution in [1.29, 1.82) is 0 Å². The van der Waals surface area contributed by atoms with Gasteiger partial charge in [-0.05, 0) is 55.7 Å². The summed E-state index contributed by atoms with van der Waals surface area (Å²) >= 11 is 5.78. The molecule has 2 heterocycles. The maximum Gasteiger partial charge on any atom is 0.207 e. The zero-order valence-electron chi connectivity index (χ0n) is 16.6. The summed E-state index contributed by atoms with van der Waals surface area (Å²) in [5.74, 6) is 1.61. The molecule has 0 amide bonds. The van der Waals surface area contributed by atoms with E-state index in [-0.39, 0.29) is 6.10 Å². The quantitative estimate of drug-likeness (QED) is 0.611. The number of likely N-dealkylation sites (tertiary alicyclic amines) is 1. The van der Waals surface area contributed by atoms with Crippen molar-refractivity contribution in [1.82, 2.24) is 14.3 Å². The number of aliphatic hydroxyl groups is 1. The number of aryl methyl sites for hydroxylation is 1. The molecule has 1 aliphatic rings. The highest BCUT2D eigenvalue weighted by molar-refractivity contribution is 7.71. The molecule has 1 unspecified atom stereocenters. The van der Waals surface area contributed by atoms with E-state index < -0.39 is 0 Å². The van der Waals surface area contributed by atoms with Gasteiger partial charge in [-0.1, -0.05) is 36.4 Å². The van der Waals surface area contributed by atoms with Gasteiger partial charge in [0, 0.05) is 5.69 Å². The number of para-hydroxylation sites is 2. The fraction of sp³-hybridized carbons (Fsp3) is 0.364. The molecule has 1 aliphatic heterocycles. The van der Waals surface area contributed by atoms with Crippen molar-refractivity contribution >= 4 is 12.2 Å². The topological polar surface area (TPSA) is 56.6 Å². The van der Waals surface area contributed by atoms with E-state index in [0.29, 0.717) is 18.0 Å². The third kappa shape index (κ3) is 4.58. The summed E-state index contributed by atoms with van der Waals surface area (Å²) in [6, 6.07) is 18.0. The number of hydrogen-bond donors (Lipinski definition) is 2. The molecule has 0 bridgehead atoms. The Balaban J connectivity index is 1.63. The fourth-order valence-corrected chi connectivity index (χ4v) is 4.14. The van der Waals surface area contributed by atoms with E-state index in [4.69, 9.17) is 22.1 Å². The second-order valence-electron chi connectivity index (χ2n) is 7.58. The predicted molar refractivity (Wildman–Crippen MR) is 114 cm³/mol. The molecule has 4 rings (SSSR count). The lowest BCUT2D eigenvalue weighted by atomic mass is 10.1. The average molecular weight is 412 g/mol. The van der Waals surface area contributed by atoms with Gasteiger partial charge >= 0.3 is 0 Å². The summed E-state index contributed by atoms with van der Waals surface area (Å²) in [5.41, 5.74) is 2.06. The standard InChI is InChI=1S/C22H26N4O2S/c1-17-8-5-6-12-20(17)28-15-21-23-25(16-24-13-7-11-19(27)14-24)22(29)26(21)18-9-3-2-4-10-18/h2-6,8-10,12,19,27H,7,11,13-16H2,1H3/p+1/t19-/m0/s1. The Labute approximate surface area is 176 Å². The van der Waals surface area contributed by atoms with E-state index in [0.717, 1.165) is 48.8 Å². The van der Waals surface area contributed by atoms with Crippen LogP contribution in [0.25, 0.3) is 5.69 Å². The van der Waals surface area contributed by atoms with Gasteiger partial charge < -0.3 is 14.7 Å². The molecule has 29 heavy (non-hydrogen) atoms. The number of benzene rings is 2. The van der Waals surface area contributed by atoms with Gasteiger partial charge in [0.15, 0.2) is 12.5 Å². The molecule has 0 radical (unpaired) electrons. The van der Waals surface area contributed by atoms with E-state index in [2.05, 4.69) is 0 Å². The number of piperidine rings is 1. The molecular weight excluding hydrogens is 384 g/mol. The molecule has 3 aromatic rings. The van der Waals surface area contributed by atoms with Gasteiger partial charge in [-0.25, -0.2) is 0 Å². The van der Waals surface area contributed by atoms with Crippen LogP contribution in [0.15, 0.2) is 54.6 Å². The Bertz CT molecular complexity index is 1020. The Kier molecular flexibility index (Phi) is 6.08. The zero-order chi connectivity index (χ0) is 20.2. The smallest absolute Gasteiger partial charge is 0.207 e. The van der Waals surface area contributed by atoms with Crippen LogP contribution in [0.2, 0.25) is 0 Å². The molecule has 152 valence electrons. The van der Waals surface area contributed by atoms with Crippen LogP contribution in [0, 0.1) is 11.7 Å². The van der Waals surface area contributed by atoms with Crippen LogP contribution >= 0.6 is 12.2 Å². The van der Waals surface area contributed by atoms with Crippen LogP contribution in [0.1, 0.15) is 24.2 Å². The maximum atomic E-state index is 10.00. The van der Waals surface area contributed by atoms with Crippen molar-refractivity contribution in [2.24, 2.45) is 0 Å². The number of ether oxygens (including phenoxy) is 1. The number of nitrogens with one attached hydrogen (secondary N) is 1. The van der Waals surface area contributed by atoms with Gasteiger partial charge in [-0.3, -0.25) is 4.57 Å². The lowest BCUT2D eigenvalue weighted by Crippen LogP contribution is -3.13. The van der Waals surface area contributed by atoms with E-state index >= 15 is 0 Å². The van der Waals surface area contributed by atoms with Crippen molar-refractivity contribution in [2.45, 2.75) is 39.1 Å². The zero-order valence-corrected chi connectivity index (χ0v) is 17.4. The first-order chi connectivity index (χ1) is 14.1. The highest BCUT2D eigenvalue weighted by Gasteiger charge is 2.23. The van der Waals surface area contributed by atoms with Crippen LogP contribution in [0.4, 0.5) is 0 Å². The minimum atomic E-state index is -0.243. The van der Waals surface area contributed by atoms with Crippen molar-refractivity contribution in [2.75, 3.05) is 13.1 Å². The lowest BCUT2D eigenvalue weighted by Gasteiger charge is -2.26. The monoisotopic (exact) mass is 411 g/mol. The minimum Gasteiger partial charge on any atom is -0.485 e. The van der Waals surface area contributed by atoms with Gasteiger partial charge in [-0.2, -0.15) is 4.68 Å². The molecule has 2 atom stereocenters. The summed E-state index contributed by atoms with van der Waals surface area (Å²) in [6.45, 7) is 4.76. The summed E-state index contributed by atoms with van der Waals surface area (Å²) in [7, 11) is 0. The molecular formula is C22H27N4O2S+. The van der Waals surface area contributed by atoms with Crippen LogP contribution in [0.5, 0.6) is 5.75 Å². The van der Waals surface area contributed by atoms with Gasteiger partial charge in [0.1, 0.15) is 25.0 Å². The van der Waals surface area contributed by atoms with E-state index in [9.17, 15) is 5.11 Å². The Morgan fingerprint density at radius 2 is 1.93 bits per heavy atom. The molecule has 2 N–H and O–H groups in total. The van der Waals surface area contributed by atoms with Crippen molar-refractivity contribution in [3.05, 3.63) is 70.8 Å². The van der Waals surface area contributed by atoms with E-state index in [1.807, 2.05) is 70.8 Å². The third-order valence-electron chi connectivity index (χ3n) is 5.34. The second-order valence-corrected chi connectivity index (χ2v) is 7.95. The van der Waals surface area contributed by atoms with Crippen molar-refractivity contribution in [3.63, 3.8) is 0 Å². The van der Waals surface area contributed by atoms with Gasteiger partial charge in [0.2, 0.25) is 4.77 Å². The Morgan fingerprint density at radius 1 is 1.17 bits per heavy atom. The van der Waals surface area contributed by atoms with Gasteiger partial charge in [0.05, 0.1) is 6.54 Å². The molecule has 1 aromatic heterocycles. The first kappa shape index (κ1) is 19.8. The first-order valence-corrected chi connectivity index (χ1v) is 10.5. The molecule has 1 saturated heterocycles. The van der Waals surface area contributed by atoms with Crippen LogP contribution in [-0.2, 0) is 13.3 Å². The molecule has 2 aromatic carbocycles. The number of aromatic nitrogens is 3. The normalized spacial score (nSPS) is 19.2. The lowest BCUT2D eigenvalue weighted by molar-refractivity contribution is -0.931. The number of quaternary nitrogens is 1. The predicted octanol–water partition coefficient (Wildman–Crippen LogP) is 2.29. The van der Waals surface area contributed by atoms with Crippen LogP contribution in [0.3, 0.4) is 0 Å². The number of aliphatic hydroxyl groups excluding tert-OH is 1. The molecule has 0 spiro atoms. The summed E-state index contributed by atoms with van der Waals surface area (Å²) < 4.78 is 10.6. The van der Waals surface area contributed by atoms with Crippen molar-refractivity contribution < 1.29 is 14.7 Å². The molecule has 7 heteroatoms. The fourth-order valence-electron chi connectivity index (χ4n) is 3.83. The van der Waals surface area contributed by atoms with Crippen molar-refractivity contribution in [3.8, 4) is 11.4 Å². The molecule has 6 nitrogen and oxygen atoms in total. The Hall–Kier alpha value is -2.48. The van der Waals surface area contributed by atoms with E-state index in [1.165, 1.54) is 4.90 Å². The number of nitrogens with zero attached hydrogens (tertiary/aromatic N) is 3. The highest BCUT2D eigenvalue weighted by Crippen LogP contribution is 2.19. The number of hydrogen-bond acceptors (Lipinski definition) is 4. The van der Waals surface area contributed by atoms with E-state index in [1.54, 1.807) is 0 Å². The summed E-state index contributed by atoms with van der Waals surface area (Å²) in [5, 5.41) is 14.8. The highest BCUT2D eigenvalue weighted by atomic mass is 32.1. The first-order valence-electron chi connectivity index (χ1n) is 10.1. The molecule has 0 aliphatic carbocycles. The summed E-state index contributed by atoms with van der Waals surface area (Å²) in [4.78, 5) is 1.30. The summed E-state index contributed by atoms with van der Waals surface area (Å²) in [6.07, 6.45) is 1.66. The second kappa shape index (κ2) is 8.90. The largest absolute Gasteiger partial charge is 0.485 e. The average Bonchev–Trinajstić information content (AvgIpc) is 3.03. The third-order valence-corrected chi connectivity index (χ3v) is 5.73. The minimum absolute atomic E-state index is 0.243.